The average Bonchev–Trinajstić information content (AvgIpc) is 3.52. The van der Waals surface area contributed by atoms with Crippen LogP contribution in [0.3, 0.4) is 0 Å². The summed E-state index contributed by atoms with van der Waals surface area (Å²) in [7, 11) is 2.04. The molecule has 0 bridgehead atoms. The van der Waals surface area contributed by atoms with Crippen LogP contribution in [0.2, 0.25) is 0 Å². The maximum absolute atomic E-state index is 12.5. The summed E-state index contributed by atoms with van der Waals surface area (Å²) in [5.41, 5.74) is 1.07. The van der Waals surface area contributed by atoms with Crippen LogP contribution in [0.5, 0.6) is 0 Å². The molecule has 170 valence electrons. The van der Waals surface area contributed by atoms with E-state index in [1.54, 1.807) is 0 Å². The molecule has 9 heteroatoms. The molecular weight excluding hydrogens is 394 g/mol. The standard InChI is InChI=1S/C22H35N7O2/c1-4-27(5-2)20(30)16-26-10-12-28(13-11-26)22-24-23-21(19-7-6-9-25(19)3)29(22)15-18-8-14-31-17-18/h6-7,9,18H,4-5,8,10-17H2,1-3H3. The molecule has 2 aromatic rings. The van der Waals surface area contributed by atoms with E-state index in [0.717, 1.165) is 82.9 Å². The molecule has 31 heavy (non-hydrogen) atoms. The van der Waals surface area contributed by atoms with Crippen LogP contribution in [0.1, 0.15) is 20.3 Å². The smallest absolute Gasteiger partial charge is 0.236 e. The number of aryl methyl sites for hydroxylation is 1. The van der Waals surface area contributed by atoms with Crippen molar-refractivity contribution in [1.29, 1.82) is 0 Å². The largest absolute Gasteiger partial charge is 0.381 e. The third-order valence-corrected chi connectivity index (χ3v) is 6.50. The van der Waals surface area contributed by atoms with Crippen molar-refractivity contribution < 1.29 is 9.53 Å². The molecule has 4 rings (SSSR count). The van der Waals surface area contributed by atoms with Crippen LogP contribution in [-0.4, -0.2) is 94.1 Å². The Morgan fingerprint density at radius 2 is 1.97 bits per heavy atom. The zero-order valence-electron chi connectivity index (χ0n) is 19.0. The fourth-order valence-electron chi connectivity index (χ4n) is 4.54. The van der Waals surface area contributed by atoms with Gasteiger partial charge in [0.1, 0.15) is 0 Å². The predicted octanol–water partition coefficient (Wildman–Crippen LogP) is 1.31. The third-order valence-electron chi connectivity index (χ3n) is 6.50. The van der Waals surface area contributed by atoms with E-state index >= 15 is 0 Å². The maximum Gasteiger partial charge on any atom is 0.236 e. The quantitative estimate of drug-likeness (QED) is 0.630. The molecule has 2 aliphatic rings. The van der Waals surface area contributed by atoms with Gasteiger partial charge in [-0.2, -0.15) is 0 Å². The fraction of sp³-hybridized carbons (Fsp3) is 0.682. The minimum absolute atomic E-state index is 0.217. The zero-order chi connectivity index (χ0) is 21.8. The molecule has 1 unspecified atom stereocenters. The van der Waals surface area contributed by atoms with E-state index < -0.39 is 0 Å². The van der Waals surface area contributed by atoms with Gasteiger partial charge in [-0.15, -0.1) is 10.2 Å². The molecule has 9 nitrogen and oxygen atoms in total. The van der Waals surface area contributed by atoms with Gasteiger partial charge in [0.15, 0.2) is 5.82 Å². The first-order chi connectivity index (χ1) is 15.1. The van der Waals surface area contributed by atoms with Gasteiger partial charge >= 0.3 is 0 Å². The molecule has 0 spiro atoms. The van der Waals surface area contributed by atoms with Gasteiger partial charge in [0, 0.05) is 71.6 Å². The Labute approximate surface area is 184 Å². The molecule has 0 N–H and O–H groups in total. The van der Waals surface area contributed by atoms with E-state index in [9.17, 15) is 4.79 Å². The van der Waals surface area contributed by atoms with E-state index in [1.807, 2.05) is 38.1 Å². The number of carbonyl (C=O) groups excluding carboxylic acids is 1. The SMILES string of the molecule is CCN(CC)C(=O)CN1CCN(c2nnc(-c3cccn3C)n2CC2CCOC2)CC1. The second kappa shape index (κ2) is 9.82. The minimum Gasteiger partial charge on any atom is -0.381 e. The Kier molecular flexibility index (Phi) is 6.92. The van der Waals surface area contributed by atoms with Gasteiger partial charge in [0.25, 0.3) is 0 Å². The van der Waals surface area contributed by atoms with Crippen molar-refractivity contribution in [2.45, 2.75) is 26.8 Å². The van der Waals surface area contributed by atoms with Gasteiger partial charge in [-0.05, 0) is 32.4 Å². The lowest BCUT2D eigenvalue weighted by atomic mass is 10.1. The van der Waals surface area contributed by atoms with E-state index in [-0.39, 0.29) is 5.91 Å². The molecule has 0 radical (unpaired) electrons. The number of hydrogen-bond acceptors (Lipinski definition) is 6. The fourth-order valence-corrected chi connectivity index (χ4v) is 4.54. The number of amides is 1. The van der Waals surface area contributed by atoms with E-state index in [2.05, 4.69) is 35.2 Å². The Morgan fingerprint density at radius 1 is 1.19 bits per heavy atom. The van der Waals surface area contributed by atoms with Crippen LogP contribution >= 0.6 is 0 Å². The number of ether oxygens (including phenoxy) is 1. The Balaban J connectivity index is 1.47. The number of piperazine rings is 1. The summed E-state index contributed by atoms with van der Waals surface area (Å²) < 4.78 is 9.98. The lowest BCUT2D eigenvalue weighted by Gasteiger charge is -2.35. The van der Waals surface area contributed by atoms with Crippen molar-refractivity contribution in [3.8, 4) is 11.5 Å². The highest BCUT2D eigenvalue weighted by atomic mass is 16.5. The molecule has 2 fully saturated rings. The number of aromatic nitrogens is 4. The summed E-state index contributed by atoms with van der Waals surface area (Å²) in [6.07, 6.45) is 3.11. The zero-order valence-corrected chi connectivity index (χ0v) is 19.0. The number of anilines is 1. The van der Waals surface area contributed by atoms with E-state index in [4.69, 9.17) is 4.74 Å². The van der Waals surface area contributed by atoms with Gasteiger partial charge < -0.3 is 19.1 Å². The average molecular weight is 430 g/mol. The summed E-state index contributed by atoms with van der Waals surface area (Å²) >= 11 is 0. The van der Waals surface area contributed by atoms with Crippen molar-refractivity contribution in [2.24, 2.45) is 13.0 Å². The van der Waals surface area contributed by atoms with Crippen molar-refractivity contribution in [3.63, 3.8) is 0 Å². The van der Waals surface area contributed by atoms with Crippen molar-refractivity contribution in [2.75, 3.05) is 63.9 Å². The molecule has 0 aliphatic carbocycles. The predicted molar refractivity (Wildman–Crippen MR) is 120 cm³/mol. The van der Waals surface area contributed by atoms with Crippen LogP contribution < -0.4 is 4.90 Å². The molecule has 2 saturated heterocycles. The van der Waals surface area contributed by atoms with Crippen molar-refractivity contribution >= 4 is 11.9 Å². The van der Waals surface area contributed by atoms with Gasteiger partial charge in [-0.1, -0.05) is 0 Å². The Bertz CT molecular complexity index is 859. The summed E-state index contributed by atoms with van der Waals surface area (Å²) in [6, 6.07) is 4.13. The summed E-state index contributed by atoms with van der Waals surface area (Å²) in [5, 5.41) is 9.20. The first-order valence-electron chi connectivity index (χ1n) is 11.5. The lowest BCUT2D eigenvalue weighted by molar-refractivity contribution is -0.132. The van der Waals surface area contributed by atoms with Gasteiger partial charge in [0.05, 0.1) is 18.8 Å². The first kappa shape index (κ1) is 21.8. The van der Waals surface area contributed by atoms with Gasteiger partial charge in [-0.3, -0.25) is 14.3 Å². The number of likely N-dealkylation sites (N-methyl/N-ethyl adjacent to an activating group) is 1. The lowest BCUT2D eigenvalue weighted by Crippen LogP contribution is -2.50. The second-order valence-electron chi connectivity index (χ2n) is 8.50. The number of nitrogens with zero attached hydrogens (tertiary/aromatic N) is 7. The molecule has 0 aromatic carbocycles. The molecule has 0 saturated carbocycles. The van der Waals surface area contributed by atoms with Gasteiger partial charge in [0.2, 0.25) is 11.9 Å². The number of hydrogen-bond donors (Lipinski definition) is 0. The monoisotopic (exact) mass is 429 g/mol. The molecule has 1 amide bonds. The second-order valence-corrected chi connectivity index (χ2v) is 8.50. The van der Waals surface area contributed by atoms with Crippen molar-refractivity contribution in [1.82, 2.24) is 29.1 Å². The van der Waals surface area contributed by atoms with Crippen LogP contribution in [0.4, 0.5) is 5.95 Å². The highest BCUT2D eigenvalue weighted by molar-refractivity contribution is 5.78. The summed E-state index contributed by atoms with van der Waals surface area (Å²) in [6.45, 7) is 12.0. The Morgan fingerprint density at radius 3 is 2.58 bits per heavy atom. The van der Waals surface area contributed by atoms with Crippen molar-refractivity contribution in [3.05, 3.63) is 18.3 Å². The number of rotatable bonds is 8. The van der Waals surface area contributed by atoms with Crippen LogP contribution in [-0.2, 0) is 23.1 Å². The topological polar surface area (TPSA) is 71.7 Å². The highest BCUT2D eigenvalue weighted by Crippen LogP contribution is 2.27. The van der Waals surface area contributed by atoms with E-state index in [1.165, 1.54) is 0 Å². The third kappa shape index (κ3) is 4.77. The molecule has 4 heterocycles. The molecular formula is C22H35N7O2. The van der Waals surface area contributed by atoms with Crippen LogP contribution in [0.25, 0.3) is 11.5 Å². The van der Waals surface area contributed by atoms with E-state index in [0.29, 0.717) is 12.5 Å². The first-order valence-corrected chi connectivity index (χ1v) is 11.5. The summed E-state index contributed by atoms with van der Waals surface area (Å²) in [5.74, 6) is 2.54. The Hall–Kier alpha value is -2.39. The van der Waals surface area contributed by atoms with Crippen LogP contribution in [0.15, 0.2) is 18.3 Å². The number of carbonyl (C=O) groups is 1. The maximum atomic E-state index is 12.5. The molecule has 2 aromatic heterocycles. The van der Waals surface area contributed by atoms with Gasteiger partial charge in [-0.25, -0.2) is 0 Å². The molecule has 2 aliphatic heterocycles. The highest BCUT2D eigenvalue weighted by Gasteiger charge is 2.28. The minimum atomic E-state index is 0.217. The summed E-state index contributed by atoms with van der Waals surface area (Å²) in [4.78, 5) is 18.9. The normalized spacial score (nSPS) is 19.8. The van der Waals surface area contributed by atoms with Crippen LogP contribution in [0, 0.1) is 5.92 Å². The molecule has 1 atom stereocenters.